The van der Waals surface area contributed by atoms with E-state index in [2.05, 4.69) is 21.0 Å². The topological polar surface area (TPSA) is 36.3 Å². The van der Waals surface area contributed by atoms with Crippen LogP contribution in [0.2, 0.25) is 0 Å². The van der Waals surface area contributed by atoms with Crippen LogP contribution in [0.3, 0.4) is 0 Å². The summed E-state index contributed by atoms with van der Waals surface area (Å²) in [6.07, 6.45) is -4.44. The Balaban J connectivity index is 2.00. The highest BCUT2D eigenvalue weighted by Gasteiger charge is 2.51. The van der Waals surface area contributed by atoms with E-state index in [1.54, 1.807) is 12.1 Å². The summed E-state index contributed by atoms with van der Waals surface area (Å²) >= 11 is 3.29. The molecule has 1 aromatic heterocycles. The van der Waals surface area contributed by atoms with Crippen LogP contribution in [0.25, 0.3) is 10.9 Å². The first-order valence-corrected chi connectivity index (χ1v) is 8.29. The highest BCUT2D eigenvalue weighted by atomic mass is 79.9. The fraction of sp³-hybridized carbons (Fsp3) is 0.533. The molecule has 1 fully saturated rings. The van der Waals surface area contributed by atoms with Gasteiger partial charge in [-0.15, -0.1) is 0 Å². The third-order valence-corrected chi connectivity index (χ3v) is 5.10. The largest absolute Gasteiger partial charge is 0.480 e. The summed E-state index contributed by atoms with van der Waals surface area (Å²) in [5, 5.41) is 3.83. The van der Waals surface area contributed by atoms with Gasteiger partial charge in [0.2, 0.25) is 0 Å². The SMILES string of the molecule is CC1(C)OB(Cn2nc(C(F)(F)F)c3ccc(Br)cc32)OC1(C)C. The molecular formula is C15H17BBrF3N2O2. The van der Waals surface area contributed by atoms with Gasteiger partial charge in [-0.05, 0) is 45.9 Å². The molecule has 0 aliphatic carbocycles. The molecule has 3 rings (SSSR count). The minimum absolute atomic E-state index is 0.0576. The lowest BCUT2D eigenvalue weighted by molar-refractivity contribution is -0.140. The predicted octanol–water partition coefficient (Wildman–Crippen LogP) is 4.45. The molecule has 1 aliphatic rings. The highest BCUT2D eigenvalue weighted by Crippen LogP contribution is 2.38. The second kappa shape index (κ2) is 5.47. The fourth-order valence-electron chi connectivity index (χ4n) is 2.68. The second-order valence-corrected chi connectivity index (χ2v) is 7.79. The molecule has 1 aliphatic heterocycles. The number of benzene rings is 1. The van der Waals surface area contributed by atoms with E-state index in [4.69, 9.17) is 9.31 Å². The Labute approximate surface area is 146 Å². The van der Waals surface area contributed by atoms with Gasteiger partial charge in [-0.2, -0.15) is 18.3 Å². The molecule has 0 spiro atoms. The van der Waals surface area contributed by atoms with Gasteiger partial charge in [0.05, 0.1) is 23.2 Å². The average Bonchev–Trinajstić information content (AvgIpc) is 2.84. The maximum Gasteiger partial charge on any atom is 0.480 e. The maximum absolute atomic E-state index is 13.2. The van der Waals surface area contributed by atoms with E-state index in [1.807, 2.05) is 27.7 Å². The van der Waals surface area contributed by atoms with Gasteiger partial charge in [-0.25, -0.2) is 0 Å². The molecule has 0 N–H and O–H groups in total. The van der Waals surface area contributed by atoms with Gasteiger partial charge < -0.3 is 9.31 Å². The standard InChI is InChI=1S/C15H17BBrF3N2O2/c1-13(2)14(3,4)24-16(23-13)8-22-11-7-9(17)5-6-10(11)12(21-22)15(18,19)20/h5-7H,8H2,1-4H3. The van der Waals surface area contributed by atoms with Crippen molar-refractivity contribution in [3.05, 3.63) is 28.4 Å². The minimum atomic E-state index is -4.52. The Kier molecular flexibility index (Phi) is 4.05. The van der Waals surface area contributed by atoms with Crippen molar-refractivity contribution in [2.24, 2.45) is 0 Å². The van der Waals surface area contributed by atoms with Crippen LogP contribution >= 0.6 is 15.9 Å². The Hall–Kier alpha value is -1.06. The van der Waals surface area contributed by atoms with Crippen LogP contribution in [0.5, 0.6) is 0 Å². The van der Waals surface area contributed by atoms with Gasteiger partial charge in [-0.1, -0.05) is 15.9 Å². The zero-order valence-corrected chi connectivity index (χ0v) is 15.3. The predicted molar refractivity (Wildman–Crippen MR) is 88.5 cm³/mol. The lowest BCUT2D eigenvalue weighted by Gasteiger charge is -2.32. The van der Waals surface area contributed by atoms with E-state index in [0.717, 1.165) is 0 Å². The summed E-state index contributed by atoms with van der Waals surface area (Å²) < 4.78 is 53.4. The molecule has 0 amide bonds. The quantitative estimate of drug-likeness (QED) is 0.694. The third kappa shape index (κ3) is 2.97. The van der Waals surface area contributed by atoms with Crippen molar-refractivity contribution >= 4 is 34.0 Å². The van der Waals surface area contributed by atoms with E-state index in [0.29, 0.717) is 9.99 Å². The molecule has 0 saturated carbocycles. The van der Waals surface area contributed by atoms with Crippen LogP contribution in [-0.2, 0) is 21.9 Å². The first-order chi connectivity index (χ1) is 10.9. The molecule has 9 heteroatoms. The third-order valence-electron chi connectivity index (χ3n) is 4.61. The van der Waals surface area contributed by atoms with Gasteiger partial charge >= 0.3 is 13.3 Å². The lowest BCUT2D eigenvalue weighted by Crippen LogP contribution is -2.41. The zero-order valence-electron chi connectivity index (χ0n) is 13.7. The second-order valence-electron chi connectivity index (χ2n) is 6.88. The normalized spacial score (nSPS) is 20.1. The molecule has 2 aromatic rings. The summed E-state index contributed by atoms with van der Waals surface area (Å²) in [5.41, 5.74) is -1.62. The lowest BCUT2D eigenvalue weighted by atomic mass is 9.90. The molecule has 1 aromatic carbocycles. The molecule has 4 nitrogen and oxygen atoms in total. The molecule has 130 valence electrons. The molecule has 0 radical (unpaired) electrons. The Morgan fingerprint density at radius 2 is 1.75 bits per heavy atom. The number of hydrogen-bond acceptors (Lipinski definition) is 3. The summed E-state index contributed by atoms with van der Waals surface area (Å²) in [4.78, 5) is 0. The number of nitrogens with zero attached hydrogens (tertiary/aromatic N) is 2. The van der Waals surface area contributed by atoms with Gasteiger partial charge in [0.15, 0.2) is 5.69 Å². The van der Waals surface area contributed by atoms with Crippen molar-refractivity contribution in [1.82, 2.24) is 9.78 Å². The van der Waals surface area contributed by atoms with Gasteiger partial charge in [0, 0.05) is 9.86 Å². The first kappa shape index (κ1) is 17.8. The van der Waals surface area contributed by atoms with Crippen LogP contribution in [0.15, 0.2) is 22.7 Å². The number of alkyl halides is 3. The summed E-state index contributed by atoms with van der Waals surface area (Å²) in [6, 6.07) is 4.59. The summed E-state index contributed by atoms with van der Waals surface area (Å²) in [7, 11) is -0.668. The molecule has 0 atom stereocenters. The van der Waals surface area contributed by atoms with E-state index in [9.17, 15) is 13.2 Å². The summed E-state index contributed by atoms with van der Waals surface area (Å²) in [6.45, 7) is 7.58. The average molecular weight is 405 g/mol. The number of hydrogen-bond donors (Lipinski definition) is 0. The van der Waals surface area contributed by atoms with E-state index in [-0.39, 0.29) is 11.8 Å². The fourth-order valence-corrected chi connectivity index (χ4v) is 3.03. The van der Waals surface area contributed by atoms with Crippen molar-refractivity contribution in [2.75, 3.05) is 0 Å². The van der Waals surface area contributed by atoms with E-state index in [1.165, 1.54) is 10.7 Å². The van der Waals surface area contributed by atoms with Crippen LogP contribution < -0.4 is 0 Å². The number of rotatable bonds is 2. The van der Waals surface area contributed by atoms with Gasteiger partial charge in [0.1, 0.15) is 0 Å². The number of aromatic nitrogens is 2. The molecule has 1 saturated heterocycles. The molecule has 24 heavy (non-hydrogen) atoms. The molecular weight excluding hydrogens is 388 g/mol. The van der Waals surface area contributed by atoms with Crippen molar-refractivity contribution in [1.29, 1.82) is 0 Å². The van der Waals surface area contributed by atoms with Crippen LogP contribution in [0.4, 0.5) is 13.2 Å². The maximum atomic E-state index is 13.2. The van der Waals surface area contributed by atoms with E-state index < -0.39 is 30.2 Å². The van der Waals surface area contributed by atoms with Crippen LogP contribution in [-0.4, -0.2) is 28.1 Å². The van der Waals surface area contributed by atoms with Crippen LogP contribution in [0, 0.1) is 0 Å². The molecule has 2 heterocycles. The zero-order chi connectivity index (χ0) is 17.9. The van der Waals surface area contributed by atoms with E-state index >= 15 is 0 Å². The minimum Gasteiger partial charge on any atom is -0.402 e. The first-order valence-electron chi connectivity index (χ1n) is 7.50. The Bertz CT molecular complexity index is 773. The van der Waals surface area contributed by atoms with Gasteiger partial charge in [-0.3, -0.25) is 4.68 Å². The van der Waals surface area contributed by atoms with Gasteiger partial charge in [0.25, 0.3) is 0 Å². The Morgan fingerprint density at radius 1 is 1.17 bits per heavy atom. The van der Waals surface area contributed by atoms with Crippen molar-refractivity contribution in [3.63, 3.8) is 0 Å². The Morgan fingerprint density at radius 3 is 2.29 bits per heavy atom. The van der Waals surface area contributed by atoms with Crippen molar-refractivity contribution in [2.45, 2.75) is 51.5 Å². The number of halogens is 4. The monoisotopic (exact) mass is 404 g/mol. The van der Waals surface area contributed by atoms with Crippen molar-refractivity contribution in [3.8, 4) is 0 Å². The smallest absolute Gasteiger partial charge is 0.402 e. The summed E-state index contributed by atoms with van der Waals surface area (Å²) in [5.74, 6) is 0. The van der Waals surface area contributed by atoms with Crippen molar-refractivity contribution < 1.29 is 22.5 Å². The highest BCUT2D eigenvalue weighted by molar-refractivity contribution is 9.10. The van der Waals surface area contributed by atoms with Crippen LogP contribution in [0.1, 0.15) is 33.4 Å². The molecule has 0 unspecified atom stereocenters. The number of fused-ring (bicyclic) bond motifs is 1. The molecule has 0 bridgehead atoms.